The molecule has 7 heteroatoms. The Hall–Kier alpha value is -2.46. The van der Waals surface area contributed by atoms with E-state index in [1.54, 1.807) is 18.2 Å². The number of rotatable bonds is 3. The van der Waals surface area contributed by atoms with Crippen molar-refractivity contribution in [3.8, 4) is 16.9 Å². The van der Waals surface area contributed by atoms with E-state index >= 15 is 0 Å². The zero-order chi connectivity index (χ0) is 14.0. The smallest absolute Gasteiger partial charge is 0.350 e. The molecule has 3 N–H and O–H groups in total. The molecule has 0 aliphatic rings. The van der Waals surface area contributed by atoms with Crippen LogP contribution < -0.4 is 15.2 Å². The van der Waals surface area contributed by atoms with E-state index in [4.69, 9.17) is 20.4 Å². The molecule has 1 aromatic carbocycles. The van der Waals surface area contributed by atoms with Gasteiger partial charge in [-0.1, -0.05) is 5.16 Å². The van der Waals surface area contributed by atoms with Crippen LogP contribution in [0.15, 0.2) is 23.4 Å². The van der Waals surface area contributed by atoms with Crippen LogP contribution in [0, 0.1) is 10.7 Å². The molecule has 0 amide bonds. The second-order valence-electron chi connectivity index (χ2n) is 3.64. The fraction of sp³-hybridized carbons (Fsp3) is 0.167. The number of hydrogen-bond acceptors (Lipinski definition) is 5. The van der Waals surface area contributed by atoms with Crippen LogP contribution in [0.25, 0.3) is 10.1 Å². The van der Waals surface area contributed by atoms with Crippen LogP contribution in [0.4, 0.5) is 0 Å². The molecule has 1 unspecified atom stereocenters. The molecule has 0 aliphatic heterocycles. The summed E-state index contributed by atoms with van der Waals surface area (Å²) >= 11 is 0. The Morgan fingerprint density at radius 2 is 1.95 bits per heavy atom. The minimum absolute atomic E-state index is 0.0565. The number of amidine groups is 1. The van der Waals surface area contributed by atoms with Crippen molar-refractivity contribution >= 4 is 26.4 Å². The molecule has 98 valence electrons. The molecule has 1 atom stereocenters. The Bertz CT molecular complexity index is 700. The maximum absolute atomic E-state index is 9.27. The van der Waals surface area contributed by atoms with Gasteiger partial charge in [0.2, 0.25) is 15.4 Å². The first-order chi connectivity index (χ1) is 9.15. The highest BCUT2D eigenvalue weighted by Gasteiger charge is 2.26. The van der Waals surface area contributed by atoms with Crippen LogP contribution in [0.2, 0.25) is 0 Å². The predicted octanol–water partition coefficient (Wildman–Crippen LogP) is 2.03. The first kappa shape index (κ1) is 13.0. The largest absolute Gasteiger partial charge is 0.493 e. The number of nitriles is 1. The number of methoxy groups -OCH3 is 2. The molecule has 0 saturated carbocycles. The van der Waals surface area contributed by atoms with Gasteiger partial charge in [-0.25, -0.2) is 0 Å². The lowest BCUT2D eigenvalue weighted by molar-refractivity contribution is 0.319. The fourth-order valence-electron chi connectivity index (χ4n) is 1.81. The summed E-state index contributed by atoms with van der Waals surface area (Å²) in [5.74, 6) is 1.06. The number of hydrogen-bond donors (Lipinski definition) is 2. The molecule has 0 radical (unpaired) electrons. The lowest BCUT2D eigenvalue weighted by Gasteiger charge is -2.05. The van der Waals surface area contributed by atoms with Crippen molar-refractivity contribution < 1.29 is 14.7 Å². The Morgan fingerprint density at radius 3 is 2.47 bits per heavy atom. The summed E-state index contributed by atoms with van der Waals surface area (Å²) < 4.78 is 11.2. The molecule has 1 aromatic heterocycles. The summed E-state index contributed by atoms with van der Waals surface area (Å²) in [6.07, 6.45) is 0. The van der Waals surface area contributed by atoms with Gasteiger partial charge in [0.1, 0.15) is 10.5 Å². The average Bonchev–Trinajstić information content (AvgIpc) is 2.81. The number of thiophene rings is 1. The Balaban J connectivity index is 2.81. The SMILES string of the molecule is COc1cc2cc(C(N)=NO)[s+](C#N)c2cc1OC. The standard InChI is InChI=1S/C12H11N3O3S/c1-17-8-3-7-4-11(12(14)15-16)19(6-13)10(7)5-9(8)18-2/h3-5H,1-2H3,(H2-,14,15,16)/p+1. The molecule has 0 fully saturated rings. The maximum atomic E-state index is 9.27. The van der Waals surface area contributed by atoms with E-state index in [0.29, 0.717) is 16.4 Å². The van der Waals surface area contributed by atoms with E-state index in [9.17, 15) is 5.26 Å². The third kappa shape index (κ3) is 2.02. The summed E-state index contributed by atoms with van der Waals surface area (Å²) in [4.78, 5) is 0.496. The maximum Gasteiger partial charge on any atom is 0.350 e. The zero-order valence-electron chi connectivity index (χ0n) is 10.4. The summed E-state index contributed by atoms with van der Waals surface area (Å²) in [6, 6.07) is 5.23. The Morgan fingerprint density at radius 1 is 1.32 bits per heavy atom. The molecule has 0 saturated heterocycles. The second kappa shape index (κ2) is 5.04. The number of nitrogens with zero attached hydrogens (tertiary/aromatic N) is 2. The molecule has 0 spiro atoms. The minimum atomic E-state index is -0.884. The van der Waals surface area contributed by atoms with Gasteiger partial charge in [-0.3, -0.25) is 0 Å². The van der Waals surface area contributed by atoms with Crippen molar-refractivity contribution in [2.45, 2.75) is 0 Å². The molecule has 0 aliphatic carbocycles. The van der Waals surface area contributed by atoms with Gasteiger partial charge in [0.05, 0.1) is 14.2 Å². The van der Waals surface area contributed by atoms with Crippen LogP contribution in [0.5, 0.6) is 11.5 Å². The van der Waals surface area contributed by atoms with Crippen molar-refractivity contribution in [2.24, 2.45) is 10.9 Å². The normalized spacial score (nSPS) is 12.3. The Labute approximate surface area is 112 Å². The van der Waals surface area contributed by atoms with Crippen molar-refractivity contribution in [2.75, 3.05) is 14.2 Å². The van der Waals surface area contributed by atoms with E-state index in [-0.39, 0.29) is 5.84 Å². The van der Waals surface area contributed by atoms with Gasteiger partial charge in [0, 0.05) is 17.5 Å². The zero-order valence-corrected chi connectivity index (χ0v) is 11.2. The number of benzene rings is 1. The van der Waals surface area contributed by atoms with Crippen molar-refractivity contribution in [3.05, 3.63) is 23.1 Å². The molecular weight excluding hydrogens is 266 g/mol. The highest BCUT2D eigenvalue weighted by atomic mass is 32.2. The predicted molar refractivity (Wildman–Crippen MR) is 73.1 cm³/mol. The molecule has 0 bridgehead atoms. The van der Waals surface area contributed by atoms with Crippen molar-refractivity contribution in [3.63, 3.8) is 0 Å². The van der Waals surface area contributed by atoms with Crippen LogP contribution in [0.3, 0.4) is 0 Å². The fourth-order valence-corrected chi connectivity index (χ4v) is 3.32. The van der Waals surface area contributed by atoms with Gasteiger partial charge >= 0.3 is 5.40 Å². The lowest BCUT2D eigenvalue weighted by atomic mass is 10.2. The van der Waals surface area contributed by atoms with Gasteiger partial charge in [-0.05, 0) is 6.07 Å². The second-order valence-corrected chi connectivity index (χ2v) is 5.31. The van der Waals surface area contributed by atoms with E-state index in [0.717, 1.165) is 10.1 Å². The number of nitrogens with two attached hydrogens (primary N) is 1. The van der Waals surface area contributed by atoms with Gasteiger partial charge < -0.3 is 20.4 Å². The van der Waals surface area contributed by atoms with Crippen LogP contribution >= 0.6 is 10.5 Å². The van der Waals surface area contributed by atoms with E-state index in [1.807, 2.05) is 0 Å². The summed E-state index contributed by atoms with van der Waals surface area (Å²) in [5, 5.41) is 24.0. The number of fused-ring (bicyclic) bond motifs is 1. The van der Waals surface area contributed by atoms with Crippen molar-refractivity contribution in [1.82, 2.24) is 0 Å². The Kier molecular flexibility index (Phi) is 3.44. The highest BCUT2D eigenvalue weighted by Crippen LogP contribution is 2.41. The number of ether oxygens (including phenoxy) is 2. The summed E-state index contributed by atoms with van der Waals surface area (Å²) in [7, 11) is 2.18. The van der Waals surface area contributed by atoms with Gasteiger partial charge in [0.15, 0.2) is 11.5 Å². The minimum Gasteiger partial charge on any atom is -0.493 e. The van der Waals surface area contributed by atoms with E-state index < -0.39 is 10.5 Å². The summed E-state index contributed by atoms with van der Waals surface area (Å²) in [5.41, 5.74) is 5.59. The summed E-state index contributed by atoms with van der Waals surface area (Å²) in [6.45, 7) is 0. The number of oxime groups is 1. The van der Waals surface area contributed by atoms with Crippen LogP contribution in [0.1, 0.15) is 4.88 Å². The molecule has 2 rings (SSSR count). The molecule has 19 heavy (non-hydrogen) atoms. The van der Waals surface area contributed by atoms with Gasteiger partial charge in [0.25, 0.3) is 0 Å². The highest BCUT2D eigenvalue weighted by molar-refractivity contribution is 7.44. The molecule has 2 aromatic rings. The van der Waals surface area contributed by atoms with E-state index in [2.05, 4.69) is 10.6 Å². The topological polar surface area (TPSA) is 101 Å². The molecular formula is C12H12N3O3S+. The monoisotopic (exact) mass is 278 g/mol. The van der Waals surface area contributed by atoms with Crippen LogP contribution in [-0.2, 0) is 0 Å². The first-order valence-corrected chi connectivity index (χ1v) is 6.48. The quantitative estimate of drug-likeness (QED) is 0.294. The third-order valence-corrected chi connectivity index (χ3v) is 4.44. The van der Waals surface area contributed by atoms with Crippen molar-refractivity contribution in [1.29, 1.82) is 5.26 Å². The van der Waals surface area contributed by atoms with Crippen LogP contribution in [-0.4, -0.2) is 25.3 Å². The molecule has 1 heterocycles. The lowest BCUT2D eigenvalue weighted by Crippen LogP contribution is -2.11. The first-order valence-electron chi connectivity index (χ1n) is 5.26. The average molecular weight is 278 g/mol. The van der Waals surface area contributed by atoms with E-state index in [1.165, 1.54) is 14.2 Å². The third-order valence-electron chi connectivity index (χ3n) is 2.69. The van der Waals surface area contributed by atoms with Gasteiger partial charge in [-0.15, -0.1) is 5.26 Å². The van der Waals surface area contributed by atoms with Gasteiger partial charge in [-0.2, -0.15) is 0 Å². The molecule has 6 nitrogen and oxygen atoms in total.